The third kappa shape index (κ3) is 4.59. The molecule has 0 amide bonds. The van der Waals surface area contributed by atoms with Gasteiger partial charge in [0.2, 0.25) is 0 Å². The maximum absolute atomic E-state index is 5.74. The number of methoxy groups -OCH3 is 1. The summed E-state index contributed by atoms with van der Waals surface area (Å²) < 4.78 is 6.23. The summed E-state index contributed by atoms with van der Waals surface area (Å²) >= 11 is 3.51. The van der Waals surface area contributed by atoms with Crippen molar-refractivity contribution in [2.75, 3.05) is 27.2 Å². The molecule has 1 aromatic rings. The van der Waals surface area contributed by atoms with Crippen LogP contribution in [0, 0.1) is 5.92 Å². The number of benzene rings is 1. The van der Waals surface area contributed by atoms with Crippen molar-refractivity contribution in [2.24, 2.45) is 11.7 Å². The average Bonchev–Trinajstić information content (AvgIpc) is 2.36. The van der Waals surface area contributed by atoms with E-state index in [9.17, 15) is 0 Å². The number of hydrogen-bond donors (Lipinski definition) is 1. The number of hydrogen-bond acceptors (Lipinski definition) is 3. The molecule has 0 saturated heterocycles. The second kappa shape index (κ2) is 7.77. The fourth-order valence-electron chi connectivity index (χ4n) is 2.00. The third-order valence-electron chi connectivity index (χ3n) is 3.15. The maximum Gasteiger partial charge on any atom is 0.133 e. The monoisotopic (exact) mass is 314 g/mol. The zero-order valence-corrected chi connectivity index (χ0v) is 13.0. The minimum absolute atomic E-state index is 0.580. The molecule has 18 heavy (non-hydrogen) atoms. The van der Waals surface area contributed by atoms with E-state index in [0.29, 0.717) is 5.92 Å². The van der Waals surface area contributed by atoms with E-state index in [2.05, 4.69) is 46.9 Å². The number of nitrogens with zero attached hydrogens (tertiary/aromatic N) is 1. The van der Waals surface area contributed by atoms with Gasteiger partial charge in [-0.25, -0.2) is 0 Å². The molecule has 1 aromatic carbocycles. The van der Waals surface area contributed by atoms with Crippen LogP contribution in [0.1, 0.15) is 18.9 Å². The van der Waals surface area contributed by atoms with Crippen LogP contribution < -0.4 is 10.5 Å². The molecule has 102 valence electrons. The van der Waals surface area contributed by atoms with Crippen LogP contribution in [0.5, 0.6) is 5.75 Å². The molecule has 3 nitrogen and oxygen atoms in total. The first-order valence-electron chi connectivity index (χ1n) is 6.31. The van der Waals surface area contributed by atoms with Gasteiger partial charge in [0.25, 0.3) is 0 Å². The predicted octanol–water partition coefficient (Wildman–Crippen LogP) is 2.87. The van der Waals surface area contributed by atoms with Gasteiger partial charge in [-0.3, -0.25) is 0 Å². The molecule has 0 aromatic heterocycles. The van der Waals surface area contributed by atoms with Crippen molar-refractivity contribution in [1.29, 1.82) is 0 Å². The van der Waals surface area contributed by atoms with E-state index in [4.69, 9.17) is 10.5 Å². The topological polar surface area (TPSA) is 38.5 Å². The Kier molecular flexibility index (Phi) is 6.68. The standard InChI is InChI=1S/C14H23BrN2O/c1-4-11(8-16)9-17(2)10-12-5-6-14(18-3)13(15)7-12/h5-7,11H,4,8-10,16H2,1-3H3. The van der Waals surface area contributed by atoms with Crippen LogP contribution in [0.15, 0.2) is 22.7 Å². The highest BCUT2D eigenvalue weighted by Crippen LogP contribution is 2.26. The molecule has 0 aliphatic rings. The summed E-state index contributed by atoms with van der Waals surface area (Å²) in [7, 11) is 3.81. The van der Waals surface area contributed by atoms with E-state index in [0.717, 1.165) is 36.3 Å². The number of halogens is 1. The molecule has 0 spiro atoms. The van der Waals surface area contributed by atoms with Gasteiger partial charge < -0.3 is 15.4 Å². The summed E-state index contributed by atoms with van der Waals surface area (Å²) in [5.41, 5.74) is 7.01. The van der Waals surface area contributed by atoms with Gasteiger partial charge in [-0.2, -0.15) is 0 Å². The van der Waals surface area contributed by atoms with Crippen LogP contribution in [0.25, 0.3) is 0 Å². The summed E-state index contributed by atoms with van der Waals surface area (Å²) in [5, 5.41) is 0. The Morgan fingerprint density at radius 3 is 2.67 bits per heavy atom. The second-order valence-corrected chi connectivity index (χ2v) is 5.53. The average molecular weight is 315 g/mol. The molecule has 0 aliphatic carbocycles. The predicted molar refractivity (Wildman–Crippen MR) is 79.9 cm³/mol. The first-order chi connectivity index (χ1) is 8.60. The zero-order chi connectivity index (χ0) is 13.5. The molecule has 0 radical (unpaired) electrons. The smallest absolute Gasteiger partial charge is 0.133 e. The quantitative estimate of drug-likeness (QED) is 0.841. The van der Waals surface area contributed by atoms with Crippen LogP contribution in [-0.4, -0.2) is 32.1 Å². The Morgan fingerprint density at radius 1 is 1.44 bits per heavy atom. The molecule has 0 fully saturated rings. The van der Waals surface area contributed by atoms with Crippen LogP contribution in [0.3, 0.4) is 0 Å². The summed E-state index contributed by atoms with van der Waals surface area (Å²) in [4.78, 5) is 2.31. The molecule has 0 bridgehead atoms. The van der Waals surface area contributed by atoms with Crippen molar-refractivity contribution in [3.63, 3.8) is 0 Å². The largest absolute Gasteiger partial charge is 0.496 e. The Hall–Kier alpha value is -0.580. The minimum Gasteiger partial charge on any atom is -0.496 e. The summed E-state index contributed by atoms with van der Waals surface area (Å²) in [6.45, 7) is 4.91. The fraction of sp³-hybridized carbons (Fsp3) is 0.571. The van der Waals surface area contributed by atoms with Gasteiger partial charge >= 0.3 is 0 Å². The lowest BCUT2D eigenvalue weighted by Gasteiger charge is -2.22. The van der Waals surface area contributed by atoms with E-state index in [1.807, 2.05) is 6.07 Å². The highest BCUT2D eigenvalue weighted by atomic mass is 79.9. The SMILES string of the molecule is CCC(CN)CN(C)Cc1ccc(OC)c(Br)c1. The molecule has 0 aliphatic heterocycles. The number of rotatable bonds is 7. The summed E-state index contributed by atoms with van der Waals surface area (Å²) in [5.74, 6) is 1.45. The van der Waals surface area contributed by atoms with E-state index >= 15 is 0 Å². The van der Waals surface area contributed by atoms with E-state index < -0.39 is 0 Å². The van der Waals surface area contributed by atoms with Gasteiger partial charge in [0, 0.05) is 13.1 Å². The lowest BCUT2D eigenvalue weighted by Crippen LogP contribution is -2.29. The van der Waals surface area contributed by atoms with Gasteiger partial charge in [0.15, 0.2) is 0 Å². The fourth-order valence-corrected chi connectivity index (χ4v) is 2.58. The Labute approximate surface area is 118 Å². The molecule has 1 unspecified atom stereocenters. The van der Waals surface area contributed by atoms with Crippen molar-refractivity contribution >= 4 is 15.9 Å². The number of ether oxygens (including phenoxy) is 1. The van der Waals surface area contributed by atoms with Gasteiger partial charge in [-0.1, -0.05) is 19.4 Å². The highest BCUT2D eigenvalue weighted by molar-refractivity contribution is 9.10. The second-order valence-electron chi connectivity index (χ2n) is 4.68. The lowest BCUT2D eigenvalue weighted by molar-refractivity contribution is 0.267. The van der Waals surface area contributed by atoms with Crippen molar-refractivity contribution in [3.05, 3.63) is 28.2 Å². The molecular weight excluding hydrogens is 292 g/mol. The van der Waals surface area contributed by atoms with Crippen molar-refractivity contribution < 1.29 is 4.74 Å². The minimum atomic E-state index is 0.580. The van der Waals surface area contributed by atoms with E-state index in [1.165, 1.54) is 5.56 Å². The molecule has 2 N–H and O–H groups in total. The molecule has 0 saturated carbocycles. The lowest BCUT2D eigenvalue weighted by atomic mass is 10.1. The first kappa shape index (κ1) is 15.5. The van der Waals surface area contributed by atoms with Gasteiger partial charge in [-0.15, -0.1) is 0 Å². The molecule has 1 atom stereocenters. The molecule has 1 rings (SSSR count). The van der Waals surface area contributed by atoms with Crippen molar-refractivity contribution in [2.45, 2.75) is 19.9 Å². The van der Waals surface area contributed by atoms with E-state index in [1.54, 1.807) is 7.11 Å². The Bertz CT molecular complexity index is 367. The molecule has 0 heterocycles. The van der Waals surface area contributed by atoms with Crippen LogP contribution in [-0.2, 0) is 6.54 Å². The highest BCUT2D eigenvalue weighted by Gasteiger charge is 2.09. The van der Waals surface area contributed by atoms with Crippen molar-refractivity contribution in [1.82, 2.24) is 4.90 Å². The van der Waals surface area contributed by atoms with Crippen LogP contribution in [0.2, 0.25) is 0 Å². The van der Waals surface area contributed by atoms with Crippen LogP contribution in [0.4, 0.5) is 0 Å². The van der Waals surface area contributed by atoms with Gasteiger partial charge in [0.1, 0.15) is 5.75 Å². The Balaban J connectivity index is 2.59. The van der Waals surface area contributed by atoms with Gasteiger partial charge in [-0.05, 0) is 53.1 Å². The third-order valence-corrected chi connectivity index (χ3v) is 3.77. The first-order valence-corrected chi connectivity index (χ1v) is 7.11. The maximum atomic E-state index is 5.74. The molecule has 4 heteroatoms. The summed E-state index contributed by atoms with van der Waals surface area (Å²) in [6, 6.07) is 6.20. The summed E-state index contributed by atoms with van der Waals surface area (Å²) in [6.07, 6.45) is 1.13. The van der Waals surface area contributed by atoms with E-state index in [-0.39, 0.29) is 0 Å². The normalized spacial score (nSPS) is 12.8. The number of nitrogens with two attached hydrogens (primary N) is 1. The Morgan fingerprint density at radius 2 is 2.17 bits per heavy atom. The van der Waals surface area contributed by atoms with Crippen molar-refractivity contribution in [3.8, 4) is 5.75 Å². The van der Waals surface area contributed by atoms with Gasteiger partial charge in [0.05, 0.1) is 11.6 Å². The zero-order valence-electron chi connectivity index (χ0n) is 11.4. The van der Waals surface area contributed by atoms with Crippen LogP contribution >= 0.6 is 15.9 Å². The molecular formula is C14H23BrN2O.